The monoisotopic (exact) mass is 342 g/mol. The van der Waals surface area contributed by atoms with E-state index in [0.717, 1.165) is 15.4 Å². The minimum atomic E-state index is 0.0134. The minimum absolute atomic E-state index is 0.0134. The summed E-state index contributed by atoms with van der Waals surface area (Å²) in [5, 5.41) is 7.00. The molecular formula is C14H19BrN2OS. The van der Waals surface area contributed by atoms with E-state index in [2.05, 4.69) is 32.8 Å². The molecule has 2 N–H and O–H groups in total. The summed E-state index contributed by atoms with van der Waals surface area (Å²) in [7, 11) is 0. The SMILES string of the molecule is CSC1CCC(NCC(=O)Nc2ccccc2Br)C1. The van der Waals surface area contributed by atoms with Gasteiger partial charge in [0.05, 0.1) is 12.2 Å². The number of nitrogens with one attached hydrogen (secondary N) is 2. The van der Waals surface area contributed by atoms with E-state index in [0.29, 0.717) is 12.6 Å². The second-order valence-corrected chi connectivity index (χ2v) is 6.77. The van der Waals surface area contributed by atoms with Crippen molar-refractivity contribution >= 4 is 39.3 Å². The van der Waals surface area contributed by atoms with Crippen molar-refractivity contribution in [2.45, 2.75) is 30.6 Å². The average molecular weight is 343 g/mol. The maximum atomic E-state index is 11.9. The van der Waals surface area contributed by atoms with Crippen molar-refractivity contribution in [3.8, 4) is 0 Å². The zero-order chi connectivity index (χ0) is 13.7. The molecule has 1 aromatic carbocycles. The number of thioether (sulfide) groups is 1. The Morgan fingerprint density at radius 3 is 2.89 bits per heavy atom. The van der Waals surface area contributed by atoms with Gasteiger partial charge in [-0.15, -0.1) is 0 Å². The van der Waals surface area contributed by atoms with Crippen molar-refractivity contribution in [2.24, 2.45) is 0 Å². The number of benzene rings is 1. The molecular weight excluding hydrogens is 324 g/mol. The Bertz CT molecular complexity index is 441. The molecule has 0 saturated heterocycles. The number of carbonyl (C=O) groups excluding carboxylic acids is 1. The van der Waals surface area contributed by atoms with Crippen LogP contribution in [0.5, 0.6) is 0 Å². The normalized spacial score (nSPS) is 22.4. The number of hydrogen-bond acceptors (Lipinski definition) is 3. The van der Waals surface area contributed by atoms with E-state index in [1.807, 2.05) is 36.0 Å². The third kappa shape index (κ3) is 4.51. The van der Waals surface area contributed by atoms with Crippen LogP contribution in [0.4, 0.5) is 5.69 Å². The van der Waals surface area contributed by atoms with Gasteiger partial charge in [-0.2, -0.15) is 11.8 Å². The molecule has 0 heterocycles. The number of hydrogen-bond donors (Lipinski definition) is 2. The molecule has 0 aromatic heterocycles. The molecule has 104 valence electrons. The Kier molecular flexibility index (Phi) is 5.73. The number of amides is 1. The van der Waals surface area contributed by atoms with Crippen molar-refractivity contribution in [3.05, 3.63) is 28.7 Å². The van der Waals surface area contributed by atoms with Gasteiger partial charge in [0.15, 0.2) is 0 Å². The fourth-order valence-electron chi connectivity index (χ4n) is 2.33. The first-order valence-electron chi connectivity index (χ1n) is 6.49. The van der Waals surface area contributed by atoms with E-state index in [-0.39, 0.29) is 5.91 Å². The highest BCUT2D eigenvalue weighted by Gasteiger charge is 2.23. The van der Waals surface area contributed by atoms with Crippen LogP contribution >= 0.6 is 27.7 Å². The lowest BCUT2D eigenvalue weighted by Gasteiger charge is -2.13. The molecule has 5 heteroatoms. The summed E-state index contributed by atoms with van der Waals surface area (Å²) in [6, 6.07) is 8.14. The quantitative estimate of drug-likeness (QED) is 0.862. The average Bonchev–Trinajstić information content (AvgIpc) is 2.87. The highest BCUT2D eigenvalue weighted by molar-refractivity contribution is 9.10. The van der Waals surface area contributed by atoms with Gasteiger partial charge in [-0.05, 0) is 53.6 Å². The summed E-state index contributed by atoms with van der Waals surface area (Å²) in [6.07, 6.45) is 5.76. The van der Waals surface area contributed by atoms with Gasteiger partial charge < -0.3 is 10.6 Å². The van der Waals surface area contributed by atoms with Gasteiger partial charge in [-0.25, -0.2) is 0 Å². The van der Waals surface area contributed by atoms with Crippen LogP contribution in [0.25, 0.3) is 0 Å². The summed E-state index contributed by atoms with van der Waals surface area (Å²) in [6.45, 7) is 0.382. The zero-order valence-electron chi connectivity index (χ0n) is 11.0. The van der Waals surface area contributed by atoms with E-state index in [4.69, 9.17) is 0 Å². The molecule has 0 aliphatic heterocycles. The van der Waals surface area contributed by atoms with E-state index < -0.39 is 0 Å². The molecule has 3 nitrogen and oxygen atoms in total. The lowest BCUT2D eigenvalue weighted by Crippen LogP contribution is -2.34. The fourth-order valence-corrected chi connectivity index (χ4v) is 3.51. The van der Waals surface area contributed by atoms with Crippen LogP contribution in [0.1, 0.15) is 19.3 Å². The molecule has 1 amide bonds. The zero-order valence-corrected chi connectivity index (χ0v) is 13.4. The largest absolute Gasteiger partial charge is 0.324 e. The van der Waals surface area contributed by atoms with Gasteiger partial charge in [0.2, 0.25) is 5.91 Å². The smallest absolute Gasteiger partial charge is 0.238 e. The number of rotatable bonds is 5. The first-order chi connectivity index (χ1) is 9.19. The van der Waals surface area contributed by atoms with Crippen LogP contribution < -0.4 is 10.6 Å². The standard InChI is InChI=1S/C14H19BrN2OS/c1-19-11-7-6-10(8-11)16-9-14(18)17-13-5-3-2-4-12(13)15/h2-5,10-11,16H,6-9H2,1H3,(H,17,18). The van der Waals surface area contributed by atoms with Gasteiger partial charge in [0.25, 0.3) is 0 Å². The minimum Gasteiger partial charge on any atom is -0.324 e. The number of carbonyl (C=O) groups is 1. The molecule has 2 rings (SSSR count). The fraction of sp³-hybridized carbons (Fsp3) is 0.500. The number of halogens is 1. The summed E-state index contributed by atoms with van der Waals surface area (Å²) < 4.78 is 0.909. The van der Waals surface area contributed by atoms with Crippen molar-refractivity contribution in [3.63, 3.8) is 0 Å². The third-order valence-electron chi connectivity index (χ3n) is 3.42. The molecule has 2 unspecified atom stereocenters. The second-order valence-electron chi connectivity index (χ2n) is 4.78. The molecule has 1 aliphatic carbocycles. The second kappa shape index (κ2) is 7.31. The maximum absolute atomic E-state index is 11.9. The lowest BCUT2D eigenvalue weighted by molar-refractivity contribution is -0.115. The maximum Gasteiger partial charge on any atom is 0.238 e. The Balaban J connectivity index is 1.75. The first-order valence-corrected chi connectivity index (χ1v) is 8.57. The lowest BCUT2D eigenvalue weighted by atomic mass is 10.2. The van der Waals surface area contributed by atoms with Gasteiger partial charge in [0, 0.05) is 15.8 Å². The van der Waals surface area contributed by atoms with Crippen molar-refractivity contribution in [1.29, 1.82) is 0 Å². The molecule has 1 fully saturated rings. The Morgan fingerprint density at radius 2 is 2.21 bits per heavy atom. The molecule has 2 atom stereocenters. The summed E-state index contributed by atoms with van der Waals surface area (Å²) >= 11 is 5.35. The third-order valence-corrected chi connectivity index (χ3v) is 5.20. The van der Waals surface area contributed by atoms with Crippen LogP contribution in [0.15, 0.2) is 28.7 Å². The van der Waals surface area contributed by atoms with Gasteiger partial charge in [-0.1, -0.05) is 12.1 Å². The predicted octanol–water partition coefficient (Wildman–Crippen LogP) is 3.26. The summed E-state index contributed by atoms with van der Waals surface area (Å²) in [5.74, 6) is 0.0134. The molecule has 1 aliphatic rings. The van der Waals surface area contributed by atoms with Gasteiger partial charge in [0.1, 0.15) is 0 Å². The van der Waals surface area contributed by atoms with E-state index in [1.165, 1.54) is 19.3 Å². The summed E-state index contributed by atoms with van der Waals surface area (Å²) in [5.41, 5.74) is 0.822. The molecule has 1 aromatic rings. The number of para-hydroxylation sites is 1. The molecule has 1 saturated carbocycles. The summed E-state index contributed by atoms with van der Waals surface area (Å²) in [4.78, 5) is 11.9. The van der Waals surface area contributed by atoms with E-state index in [9.17, 15) is 4.79 Å². The molecule has 0 radical (unpaired) electrons. The van der Waals surface area contributed by atoms with Crippen molar-refractivity contribution in [1.82, 2.24) is 5.32 Å². The topological polar surface area (TPSA) is 41.1 Å². The van der Waals surface area contributed by atoms with Gasteiger partial charge in [-0.3, -0.25) is 4.79 Å². The number of anilines is 1. The molecule has 0 bridgehead atoms. The van der Waals surface area contributed by atoms with Crippen LogP contribution in [0.2, 0.25) is 0 Å². The highest BCUT2D eigenvalue weighted by atomic mass is 79.9. The van der Waals surface area contributed by atoms with Crippen LogP contribution in [-0.4, -0.2) is 30.0 Å². The Hall–Kier alpha value is -0.520. The predicted molar refractivity (Wildman–Crippen MR) is 85.7 cm³/mol. The van der Waals surface area contributed by atoms with E-state index in [1.54, 1.807) is 0 Å². The Morgan fingerprint density at radius 1 is 1.42 bits per heavy atom. The van der Waals surface area contributed by atoms with Crippen LogP contribution in [0, 0.1) is 0 Å². The van der Waals surface area contributed by atoms with Crippen LogP contribution in [-0.2, 0) is 4.79 Å². The highest BCUT2D eigenvalue weighted by Crippen LogP contribution is 2.28. The Labute approximate surface area is 127 Å². The van der Waals surface area contributed by atoms with Crippen molar-refractivity contribution < 1.29 is 4.79 Å². The van der Waals surface area contributed by atoms with Crippen LogP contribution in [0.3, 0.4) is 0 Å². The van der Waals surface area contributed by atoms with E-state index >= 15 is 0 Å². The molecule has 19 heavy (non-hydrogen) atoms. The molecule has 0 spiro atoms. The van der Waals surface area contributed by atoms with Crippen molar-refractivity contribution in [2.75, 3.05) is 18.1 Å². The first kappa shape index (κ1) is 14.9. The van der Waals surface area contributed by atoms with Gasteiger partial charge >= 0.3 is 0 Å².